The van der Waals surface area contributed by atoms with Gasteiger partial charge in [0.25, 0.3) is 5.69 Å². The third-order valence-electron chi connectivity index (χ3n) is 2.80. The number of non-ortho nitro benzene ring substituents is 1. The van der Waals surface area contributed by atoms with Gasteiger partial charge in [-0.3, -0.25) is 10.1 Å². The van der Waals surface area contributed by atoms with Crippen molar-refractivity contribution in [1.82, 2.24) is 0 Å². The first-order valence-electron chi connectivity index (χ1n) is 5.62. The van der Waals surface area contributed by atoms with Crippen molar-refractivity contribution in [3.8, 4) is 22.6 Å². The molecule has 0 bridgehead atoms. The van der Waals surface area contributed by atoms with Crippen LogP contribution in [-0.4, -0.2) is 19.1 Å². The second-order valence-electron chi connectivity index (χ2n) is 3.87. The van der Waals surface area contributed by atoms with Crippen LogP contribution in [0.4, 0.5) is 5.69 Å². The molecule has 5 heteroatoms. The van der Waals surface area contributed by atoms with Gasteiger partial charge in [0.15, 0.2) is 0 Å². The predicted octanol–water partition coefficient (Wildman–Crippen LogP) is 3.28. The Kier molecular flexibility index (Phi) is 3.66. The minimum atomic E-state index is -0.444. The SMILES string of the molecule is COc1ccc(-c2ccc([N+](=O)[O-])cc2OC)cc1. The molecule has 0 atom stereocenters. The van der Waals surface area contributed by atoms with Crippen molar-refractivity contribution >= 4 is 5.69 Å². The molecule has 2 aromatic rings. The molecule has 2 aromatic carbocycles. The summed E-state index contributed by atoms with van der Waals surface area (Å²) in [4.78, 5) is 10.3. The summed E-state index contributed by atoms with van der Waals surface area (Å²) in [5.74, 6) is 1.23. The predicted molar refractivity (Wildman–Crippen MR) is 71.6 cm³/mol. The van der Waals surface area contributed by atoms with Gasteiger partial charge in [-0.25, -0.2) is 0 Å². The Morgan fingerprint density at radius 2 is 1.68 bits per heavy atom. The van der Waals surface area contributed by atoms with Crippen molar-refractivity contribution in [1.29, 1.82) is 0 Å². The zero-order chi connectivity index (χ0) is 13.8. The molecular weight excluding hydrogens is 246 g/mol. The van der Waals surface area contributed by atoms with E-state index >= 15 is 0 Å². The first-order chi connectivity index (χ1) is 9.15. The normalized spacial score (nSPS) is 10.0. The van der Waals surface area contributed by atoms with Gasteiger partial charge in [0.05, 0.1) is 25.2 Å². The fourth-order valence-corrected chi connectivity index (χ4v) is 1.80. The highest BCUT2D eigenvalue weighted by atomic mass is 16.6. The van der Waals surface area contributed by atoms with E-state index in [0.29, 0.717) is 5.75 Å². The maximum atomic E-state index is 10.7. The molecule has 0 saturated carbocycles. The average Bonchev–Trinajstić information content (AvgIpc) is 2.46. The standard InChI is InChI=1S/C14H13NO4/c1-18-12-6-3-10(4-7-12)13-8-5-11(15(16)17)9-14(13)19-2/h3-9H,1-2H3. The zero-order valence-corrected chi connectivity index (χ0v) is 10.6. The average molecular weight is 259 g/mol. The van der Waals surface area contributed by atoms with E-state index in [-0.39, 0.29) is 5.69 Å². The molecule has 0 aliphatic carbocycles. The van der Waals surface area contributed by atoms with Crippen molar-refractivity contribution in [2.24, 2.45) is 0 Å². The molecule has 0 N–H and O–H groups in total. The molecule has 0 aliphatic heterocycles. The molecule has 5 nitrogen and oxygen atoms in total. The van der Waals surface area contributed by atoms with Crippen LogP contribution < -0.4 is 9.47 Å². The smallest absolute Gasteiger partial charge is 0.273 e. The van der Waals surface area contributed by atoms with E-state index in [1.807, 2.05) is 24.3 Å². The quantitative estimate of drug-likeness (QED) is 0.624. The Balaban J connectivity index is 2.45. The molecular formula is C14H13NO4. The van der Waals surface area contributed by atoms with Crippen LogP contribution in [0.1, 0.15) is 0 Å². The molecule has 0 amide bonds. The summed E-state index contributed by atoms with van der Waals surface area (Å²) in [7, 11) is 3.09. The summed E-state index contributed by atoms with van der Waals surface area (Å²) in [5, 5.41) is 10.7. The summed E-state index contributed by atoms with van der Waals surface area (Å²) in [6, 6.07) is 12.0. The highest BCUT2D eigenvalue weighted by Crippen LogP contribution is 2.33. The molecule has 0 spiro atoms. The number of methoxy groups -OCH3 is 2. The second-order valence-corrected chi connectivity index (χ2v) is 3.87. The molecule has 0 unspecified atom stereocenters. The summed E-state index contributed by atoms with van der Waals surface area (Å²) in [5.41, 5.74) is 1.72. The van der Waals surface area contributed by atoms with E-state index in [4.69, 9.17) is 9.47 Å². The van der Waals surface area contributed by atoms with Gasteiger partial charge in [0.2, 0.25) is 0 Å². The lowest BCUT2D eigenvalue weighted by Crippen LogP contribution is -1.92. The highest BCUT2D eigenvalue weighted by molar-refractivity contribution is 5.72. The van der Waals surface area contributed by atoms with Gasteiger partial charge in [0.1, 0.15) is 11.5 Å². The Bertz CT molecular complexity index is 593. The van der Waals surface area contributed by atoms with Crippen LogP contribution in [0.15, 0.2) is 42.5 Å². The van der Waals surface area contributed by atoms with Gasteiger partial charge >= 0.3 is 0 Å². The van der Waals surface area contributed by atoms with Crippen molar-refractivity contribution in [2.75, 3.05) is 14.2 Å². The lowest BCUT2D eigenvalue weighted by Gasteiger charge is -2.09. The van der Waals surface area contributed by atoms with E-state index in [1.165, 1.54) is 19.2 Å². The lowest BCUT2D eigenvalue weighted by molar-refractivity contribution is -0.384. The summed E-state index contributed by atoms with van der Waals surface area (Å²) in [6.07, 6.45) is 0. The topological polar surface area (TPSA) is 61.6 Å². The van der Waals surface area contributed by atoms with Crippen LogP contribution in [0.2, 0.25) is 0 Å². The number of rotatable bonds is 4. The molecule has 0 aromatic heterocycles. The number of nitro groups is 1. The van der Waals surface area contributed by atoms with Crippen LogP contribution >= 0.6 is 0 Å². The Morgan fingerprint density at radius 1 is 1.00 bits per heavy atom. The fraction of sp³-hybridized carbons (Fsp3) is 0.143. The third kappa shape index (κ3) is 2.65. The molecule has 98 valence electrons. The van der Waals surface area contributed by atoms with E-state index < -0.39 is 4.92 Å². The van der Waals surface area contributed by atoms with E-state index in [9.17, 15) is 10.1 Å². The van der Waals surface area contributed by atoms with Crippen molar-refractivity contribution < 1.29 is 14.4 Å². The number of hydrogen-bond acceptors (Lipinski definition) is 4. The van der Waals surface area contributed by atoms with Crippen molar-refractivity contribution in [2.45, 2.75) is 0 Å². The van der Waals surface area contributed by atoms with Crippen LogP contribution in [0.25, 0.3) is 11.1 Å². The largest absolute Gasteiger partial charge is 0.497 e. The molecule has 0 heterocycles. The van der Waals surface area contributed by atoms with Gasteiger partial charge < -0.3 is 9.47 Å². The number of nitrogens with zero attached hydrogens (tertiary/aromatic N) is 1. The first kappa shape index (κ1) is 12.9. The van der Waals surface area contributed by atoms with Gasteiger partial charge in [-0.2, -0.15) is 0 Å². The Hall–Kier alpha value is -2.56. The van der Waals surface area contributed by atoms with Crippen LogP contribution in [0.5, 0.6) is 11.5 Å². The summed E-state index contributed by atoms with van der Waals surface area (Å²) in [6.45, 7) is 0. The highest BCUT2D eigenvalue weighted by Gasteiger charge is 2.12. The zero-order valence-electron chi connectivity index (χ0n) is 10.6. The van der Waals surface area contributed by atoms with Gasteiger partial charge in [-0.15, -0.1) is 0 Å². The number of nitro benzene ring substituents is 1. The van der Waals surface area contributed by atoms with Gasteiger partial charge in [-0.05, 0) is 23.8 Å². The van der Waals surface area contributed by atoms with Gasteiger partial charge in [-0.1, -0.05) is 12.1 Å². The van der Waals surface area contributed by atoms with Crippen molar-refractivity contribution in [3.63, 3.8) is 0 Å². The molecule has 0 saturated heterocycles. The lowest BCUT2D eigenvalue weighted by atomic mass is 10.0. The first-order valence-corrected chi connectivity index (χ1v) is 5.62. The maximum Gasteiger partial charge on any atom is 0.273 e. The Morgan fingerprint density at radius 3 is 2.21 bits per heavy atom. The van der Waals surface area contributed by atoms with Crippen LogP contribution in [-0.2, 0) is 0 Å². The third-order valence-corrected chi connectivity index (χ3v) is 2.80. The fourth-order valence-electron chi connectivity index (χ4n) is 1.80. The molecule has 0 radical (unpaired) electrons. The number of ether oxygens (including phenoxy) is 2. The summed E-state index contributed by atoms with van der Waals surface area (Å²) >= 11 is 0. The summed E-state index contributed by atoms with van der Waals surface area (Å²) < 4.78 is 10.3. The Labute approximate surface area is 110 Å². The van der Waals surface area contributed by atoms with E-state index in [2.05, 4.69) is 0 Å². The van der Waals surface area contributed by atoms with E-state index in [0.717, 1.165) is 16.9 Å². The van der Waals surface area contributed by atoms with Crippen LogP contribution in [0, 0.1) is 10.1 Å². The number of hydrogen-bond donors (Lipinski definition) is 0. The molecule has 0 aliphatic rings. The van der Waals surface area contributed by atoms with E-state index in [1.54, 1.807) is 13.2 Å². The molecule has 2 rings (SSSR count). The maximum absolute atomic E-state index is 10.7. The van der Waals surface area contributed by atoms with Crippen LogP contribution in [0.3, 0.4) is 0 Å². The molecule has 19 heavy (non-hydrogen) atoms. The minimum absolute atomic E-state index is 0.00844. The monoisotopic (exact) mass is 259 g/mol. The van der Waals surface area contributed by atoms with Gasteiger partial charge in [0, 0.05) is 11.6 Å². The minimum Gasteiger partial charge on any atom is -0.497 e. The van der Waals surface area contributed by atoms with Crippen molar-refractivity contribution in [3.05, 3.63) is 52.6 Å². The second kappa shape index (κ2) is 5.39. The molecule has 0 fully saturated rings. The number of benzene rings is 2.